The molecule has 0 radical (unpaired) electrons. The molecule has 1 aliphatic rings. The summed E-state index contributed by atoms with van der Waals surface area (Å²) in [7, 11) is -2.82. The van der Waals surface area contributed by atoms with Crippen LogP contribution in [0.15, 0.2) is 30.3 Å². The Hall–Kier alpha value is -1.73. The monoisotopic (exact) mass is 398 g/mol. The molecule has 27 heavy (non-hydrogen) atoms. The highest BCUT2D eigenvalue weighted by atomic mass is 31.2. The molecule has 0 aromatic heterocycles. The first-order valence-electron chi connectivity index (χ1n) is 8.97. The number of aliphatic carboxylic acids is 1. The first-order chi connectivity index (χ1) is 12.8. The van der Waals surface area contributed by atoms with Crippen molar-refractivity contribution in [1.82, 2.24) is 10.2 Å². The van der Waals surface area contributed by atoms with Gasteiger partial charge in [0.15, 0.2) is 0 Å². The predicted molar refractivity (Wildman–Crippen MR) is 100 cm³/mol. The maximum atomic E-state index is 12.7. The smallest absolute Gasteiger partial charge is 0.344 e. The number of carboxylic acids is 1. The fraction of sp³-hybridized carbons (Fsp3) is 0.556. The molecule has 1 saturated heterocycles. The van der Waals surface area contributed by atoms with E-state index in [1.807, 2.05) is 30.3 Å². The van der Waals surface area contributed by atoms with Crippen LogP contribution in [0.5, 0.6) is 0 Å². The number of hydrogen-bond acceptors (Lipinski definition) is 5. The van der Waals surface area contributed by atoms with Crippen LogP contribution in [0.2, 0.25) is 0 Å². The number of aryl methyl sites for hydroxylation is 1. The first-order valence-corrected chi connectivity index (χ1v) is 10.6. The number of likely N-dealkylation sites (tertiary alicyclic amines) is 1. The second-order valence-corrected chi connectivity index (χ2v) is 8.82. The zero-order valence-corrected chi connectivity index (χ0v) is 16.5. The minimum Gasteiger partial charge on any atom is -0.480 e. The van der Waals surface area contributed by atoms with Crippen LogP contribution in [0.25, 0.3) is 0 Å². The van der Waals surface area contributed by atoms with E-state index in [1.165, 1.54) is 4.90 Å². The maximum absolute atomic E-state index is 12.7. The van der Waals surface area contributed by atoms with E-state index in [1.54, 1.807) is 6.92 Å². The van der Waals surface area contributed by atoms with Gasteiger partial charge in [0.2, 0.25) is 5.91 Å². The summed E-state index contributed by atoms with van der Waals surface area (Å²) >= 11 is 0. The molecular weight excluding hydrogens is 371 g/mol. The van der Waals surface area contributed by atoms with E-state index in [9.17, 15) is 24.2 Å². The Morgan fingerprint density at radius 1 is 1.37 bits per heavy atom. The van der Waals surface area contributed by atoms with Gasteiger partial charge in [0.25, 0.3) is 0 Å². The molecule has 0 spiro atoms. The molecule has 1 aliphatic heterocycles. The molecule has 1 amide bonds. The molecule has 2 rings (SSSR count). The van der Waals surface area contributed by atoms with E-state index < -0.39 is 31.4 Å². The Balaban J connectivity index is 2.06. The second-order valence-electron chi connectivity index (χ2n) is 6.70. The van der Waals surface area contributed by atoms with Gasteiger partial charge in [-0.2, -0.15) is 0 Å². The fourth-order valence-corrected chi connectivity index (χ4v) is 4.43. The number of nitrogens with zero attached hydrogens (tertiary/aromatic N) is 1. The molecule has 0 saturated carbocycles. The summed E-state index contributed by atoms with van der Waals surface area (Å²) < 4.78 is 17.2. The number of nitrogens with one attached hydrogen (secondary N) is 1. The van der Waals surface area contributed by atoms with Gasteiger partial charge in [-0.1, -0.05) is 30.3 Å². The van der Waals surface area contributed by atoms with Crippen molar-refractivity contribution in [3.63, 3.8) is 0 Å². The van der Waals surface area contributed by atoms with Gasteiger partial charge in [0, 0.05) is 13.7 Å². The third-order valence-electron chi connectivity index (χ3n) is 4.84. The molecule has 1 aromatic carbocycles. The molecule has 1 aromatic rings. The number of hydrogen-bond donors (Lipinski definition) is 3. The highest BCUT2D eigenvalue weighted by Gasteiger charge is 2.38. The van der Waals surface area contributed by atoms with Crippen molar-refractivity contribution in [3.8, 4) is 0 Å². The lowest BCUT2D eigenvalue weighted by molar-refractivity contribution is -0.148. The third kappa shape index (κ3) is 5.62. The van der Waals surface area contributed by atoms with Crippen LogP contribution in [-0.2, 0) is 25.1 Å². The summed E-state index contributed by atoms with van der Waals surface area (Å²) in [6.45, 7) is 1.95. The summed E-state index contributed by atoms with van der Waals surface area (Å²) in [6, 6.07) is 7.86. The van der Waals surface area contributed by atoms with Crippen LogP contribution >= 0.6 is 7.60 Å². The summed E-state index contributed by atoms with van der Waals surface area (Å²) in [5, 5.41) is 12.1. The molecule has 1 heterocycles. The SMILES string of the molecule is COP(=O)(O)C(CCc1ccccc1)N[C@@H](C)C(=O)N1CCC[C@H]1C(=O)O. The Bertz CT molecular complexity index is 698. The Labute approximate surface area is 159 Å². The van der Waals surface area contributed by atoms with Gasteiger partial charge in [-0.05, 0) is 38.2 Å². The van der Waals surface area contributed by atoms with Crippen molar-refractivity contribution in [2.24, 2.45) is 0 Å². The van der Waals surface area contributed by atoms with Crippen molar-refractivity contribution in [2.45, 2.75) is 50.5 Å². The predicted octanol–water partition coefficient (Wildman–Crippen LogP) is 1.83. The van der Waals surface area contributed by atoms with Crippen molar-refractivity contribution in [1.29, 1.82) is 0 Å². The van der Waals surface area contributed by atoms with Gasteiger partial charge < -0.3 is 19.4 Å². The molecule has 0 aliphatic carbocycles. The second kappa shape index (κ2) is 9.46. The lowest BCUT2D eigenvalue weighted by Crippen LogP contribution is -2.51. The maximum Gasteiger partial charge on any atom is 0.344 e. The van der Waals surface area contributed by atoms with Crippen molar-refractivity contribution in [2.75, 3.05) is 13.7 Å². The summed E-state index contributed by atoms with van der Waals surface area (Å²) in [6.07, 6.45) is 1.88. The van der Waals surface area contributed by atoms with Crippen LogP contribution in [-0.4, -0.2) is 58.3 Å². The fourth-order valence-electron chi connectivity index (χ4n) is 3.31. The molecule has 9 heteroatoms. The first kappa shape index (κ1) is 21.6. The van der Waals surface area contributed by atoms with E-state index in [-0.39, 0.29) is 5.91 Å². The highest BCUT2D eigenvalue weighted by molar-refractivity contribution is 7.53. The van der Waals surface area contributed by atoms with E-state index in [2.05, 4.69) is 5.32 Å². The summed E-state index contributed by atoms with van der Waals surface area (Å²) in [5.74, 6) is -2.35. The van der Waals surface area contributed by atoms with Crippen LogP contribution in [0, 0.1) is 0 Å². The topological polar surface area (TPSA) is 116 Å². The number of rotatable bonds is 9. The average Bonchev–Trinajstić information content (AvgIpc) is 3.15. The molecule has 3 N–H and O–H groups in total. The quantitative estimate of drug-likeness (QED) is 0.544. The van der Waals surface area contributed by atoms with Crippen LogP contribution in [0.1, 0.15) is 31.7 Å². The largest absolute Gasteiger partial charge is 0.480 e. The molecule has 2 unspecified atom stereocenters. The summed E-state index contributed by atoms with van der Waals surface area (Å²) in [4.78, 5) is 35.5. The van der Waals surface area contributed by atoms with E-state index in [0.717, 1.165) is 12.7 Å². The molecule has 8 nitrogen and oxygen atoms in total. The standard InChI is InChI=1S/C18H27N2O6P/c1-13(17(21)20-12-6-9-15(20)18(22)23)19-16(27(24,25)26-2)11-10-14-7-4-3-5-8-14/h3-5,7-8,13,15-16,19H,6,9-12H2,1-2H3,(H,22,23)(H,24,25)/t13-,15-,16?/m0/s1. The lowest BCUT2D eigenvalue weighted by Gasteiger charge is -2.29. The van der Waals surface area contributed by atoms with E-state index in [0.29, 0.717) is 32.2 Å². The third-order valence-corrected chi connectivity index (χ3v) is 6.56. The number of amides is 1. The van der Waals surface area contributed by atoms with Gasteiger partial charge >= 0.3 is 13.6 Å². The number of benzene rings is 1. The normalized spacial score (nSPS) is 21.4. The van der Waals surface area contributed by atoms with Gasteiger partial charge in [-0.3, -0.25) is 14.7 Å². The average molecular weight is 398 g/mol. The van der Waals surface area contributed by atoms with Crippen LogP contribution < -0.4 is 5.32 Å². The van der Waals surface area contributed by atoms with E-state index >= 15 is 0 Å². The van der Waals surface area contributed by atoms with Gasteiger partial charge in [0.05, 0.1) is 6.04 Å². The highest BCUT2D eigenvalue weighted by Crippen LogP contribution is 2.47. The molecular formula is C18H27N2O6P. The van der Waals surface area contributed by atoms with Gasteiger partial charge in [-0.25, -0.2) is 4.79 Å². The van der Waals surface area contributed by atoms with Crippen molar-refractivity contribution in [3.05, 3.63) is 35.9 Å². The number of carbonyl (C=O) groups is 2. The molecule has 0 bridgehead atoms. The molecule has 150 valence electrons. The van der Waals surface area contributed by atoms with E-state index in [4.69, 9.17) is 4.52 Å². The minimum atomic E-state index is -3.98. The summed E-state index contributed by atoms with van der Waals surface area (Å²) in [5.41, 5.74) is 1.00. The van der Waals surface area contributed by atoms with Crippen molar-refractivity contribution >= 4 is 19.5 Å². The zero-order chi connectivity index (χ0) is 20.0. The number of carbonyl (C=O) groups excluding carboxylic acids is 1. The zero-order valence-electron chi connectivity index (χ0n) is 15.6. The van der Waals surface area contributed by atoms with Gasteiger partial charge in [-0.15, -0.1) is 0 Å². The Morgan fingerprint density at radius 2 is 2.04 bits per heavy atom. The molecule has 4 atom stereocenters. The lowest BCUT2D eigenvalue weighted by atomic mass is 10.1. The molecule has 1 fully saturated rings. The van der Waals surface area contributed by atoms with Gasteiger partial charge in [0.1, 0.15) is 11.8 Å². The Kier molecular flexibility index (Phi) is 7.56. The van der Waals surface area contributed by atoms with Crippen LogP contribution in [0.3, 0.4) is 0 Å². The number of carboxylic acid groups (broad SMARTS) is 1. The Morgan fingerprint density at radius 3 is 2.63 bits per heavy atom. The minimum absolute atomic E-state index is 0.297. The van der Waals surface area contributed by atoms with Crippen molar-refractivity contribution < 1.29 is 28.7 Å². The van der Waals surface area contributed by atoms with Crippen LogP contribution in [0.4, 0.5) is 0 Å².